The third-order valence-corrected chi connectivity index (χ3v) is 4.18. The van der Waals surface area contributed by atoms with Crippen molar-refractivity contribution in [3.8, 4) is 0 Å². The molecule has 0 saturated heterocycles. The van der Waals surface area contributed by atoms with Crippen molar-refractivity contribution in [3.63, 3.8) is 0 Å². The predicted octanol–water partition coefficient (Wildman–Crippen LogP) is 1.62. The summed E-state index contributed by atoms with van der Waals surface area (Å²) in [7, 11) is 0. The average Bonchev–Trinajstić information content (AvgIpc) is 2.08. The third-order valence-electron chi connectivity index (χ3n) is 3.18. The molecule has 1 saturated carbocycles. The van der Waals surface area contributed by atoms with E-state index < -0.39 is 5.60 Å². The Kier molecular flexibility index (Phi) is 4.07. The lowest BCUT2D eigenvalue weighted by Crippen LogP contribution is -2.53. The van der Waals surface area contributed by atoms with Crippen LogP contribution in [0.25, 0.3) is 0 Å². The fraction of sp³-hybridized carbons (Fsp3) is 1.00. The van der Waals surface area contributed by atoms with E-state index in [2.05, 4.69) is 13.2 Å². The first-order valence-electron chi connectivity index (χ1n) is 5.11. The van der Waals surface area contributed by atoms with E-state index in [1.807, 2.05) is 11.8 Å². The molecule has 78 valence electrons. The average molecular weight is 203 g/mol. The third kappa shape index (κ3) is 2.39. The second-order valence-electron chi connectivity index (χ2n) is 4.09. The highest BCUT2D eigenvalue weighted by Crippen LogP contribution is 2.44. The van der Waals surface area contributed by atoms with Crippen LogP contribution in [0.3, 0.4) is 0 Å². The Morgan fingerprint density at radius 2 is 2.23 bits per heavy atom. The van der Waals surface area contributed by atoms with Crippen molar-refractivity contribution in [1.82, 2.24) is 0 Å². The van der Waals surface area contributed by atoms with Crippen molar-refractivity contribution in [2.24, 2.45) is 11.7 Å². The van der Waals surface area contributed by atoms with Crippen LogP contribution >= 0.6 is 11.8 Å². The predicted molar refractivity (Wildman–Crippen MR) is 58.9 cm³/mol. The van der Waals surface area contributed by atoms with E-state index >= 15 is 0 Å². The van der Waals surface area contributed by atoms with E-state index in [-0.39, 0.29) is 0 Å². The molecule has 0 radical (unpaired) electrons. The van der Waals surface area contributed by atoms with Crippen LogP contribution in [0, 0.1) is 5.92 Å². The van der Waals surface area contributed by atoms with Gasteiger partial charge in [0.15, 0.2) is 0 Å². The van der Waals surface area contributed by atoms with E-state index in [0.29, 0.717) is 17.7 Å². The van der Waals surface area contributed by atoms with Gasteiger partial charge in [-0.1, -0.05) is 13.3 Å². The van der Waals surface area contributed by atoms with E-state index in [4.69, 9.17) is 5.73 Å². The van der Waals surface area contributed by atoms with Crippen molar-refractivity contribution >= 4 is 11.8 Å². The number of aliphatic hydroxyl groups is 1. The molecule has 3 N–H and O–H groups in total. The summed E-state index contributed by atoms with van der Waals surface area (Å²) in [5.74, 6) is 0.320. The van der Waals surface area contributed by atoms with Crippen LogP contribution in [0.5, 0.6) is 0 Å². The van der Waals surface area contributed by atoms with Crippen molar-refractivity contribution in [2.75, 3.05) is 12.8 Å². The first-order valence-corrected chi connectivity index (χ1v) is 6.40. The van der Waals surface area contributed by atoms with Crippen LogP contribution in [0.2, 0.25) is 0 Å². The molecular formula is C10H21NOS. The number of thioether (sulfide) groups is 1. The van der Waals surface area contributed by atoms with Gasteiger partial charge in [0.2, 0.25) is 0 Å². The first kappa shape index (κ1) is 11.3. The van der Waals surface area contributed by atoms with Crippen molar-refractivity contribution < 1.29 is 5.11 Å². The van der Waals surface area contributed by atoms with Crippen molar-refractivity contribution in [1.29, 1.82) is 0 Å². The summed E-state index contributed by atoms with van der Waals surface area (Å²) in [5, 5.41) is 10.9. The standard InChI is InChI=1S/C10H21NOS/c1-3-4-8(7-11)10(12)5-9(6-10)13-2/h8-9,12H,3-7,11H2,1-2H3. The zero-order valence-electron chi connectivity index (χ0n) is 8.62. The van der Waals surface area contributed by atoms with Crippen molar-refractivity contribution in [2.45, 2.75) is 43.5 Å². The largest absolute Gasteiger partial charge is 0.389 e. The number of rotatable bonds is 5. The number of hydrogen-bond donors (Lipinski definition) is 2. The summed E-state index contributed by atoms with van der Waals surface area (Å²) < 4.78 is 0. The summed E-state index contributed by atoms with van der Waals surface area (Å²) >= 11 is 1.86. The second-order valence-corrected chi connectivity index (χ2v) is 5.23. The lowest BCUT2D eigenvalue weighted by Gasteiger charge is -2.47. The molecule has 0 aromatic heterocycles. The molecule has 1 unspecified atom stereocenters. The fourth-order valence-corrected chi connectivity index (χ4v) is 3.09. The molecule has 1 aliphatic carbocycles. The molecular weight excluding hydrogens is 182 g/mol. The van der Waals surface area contributed by atoms with Gasteiger partial charge in [0.25, 0.3) is 0 Å². The SMILES string of the molecule is CCCC(CN)C1(O)CC(SC)C1. The van der Waals surface area contributed by atoms with Gasteiger partial charge in [-0.2, -0.15) is 11.8 Å². The maximum Gasteiger partial charge on any atom is 0.0708 e. The number of nitrogens with two attached hydrogens (primary N) is 1. The molecule has 1 rings (SSSR count). The normalized spacial score (nSPS) is 35.5. The molecule has 0 spiro atoms. The summed E-state index contributed by atoms with van der Waals surface area (Å²) in [4.78, 5) is 0. The molecule has 1 atom stereocenters. The molecule has 0 aromatic rings. The van der Waals surface area contributed by atoms with Crippen LogP contribution in [0.15, 0.2) is 0 Å². The monoisotopic (exact) mass is 203 g/mol. The minimum atomic E-state index is -0.432. The minimum absolute atomic E-state index is 0.320. The lowest BCUT2D eigenvalue weighted by atomic mass is 9.69. The van der Waals surface area contributed by atoms with Gasteiger partial charge in [-0.25, -0.2) is 0 Å². The second kappa shape index (κ2) is 4.67. The van der Waals surface area contributed by atoms with Gasteiger partial charge in [0.1, 0.15) is 0 Å². The minimum Gasteiger partial charge on any atom is -0.389 e. The Morgan fingerprint density at radius 1 is 1.62 bits per heavy atom. The van der Waals surface area contributed by atoms with Crippen LogP contribution < -0.4 is 5.73 Å². The molecule has 0 aliphatic heterocycles. The molecule has 1 fully saturated rings. The van der Waals surface area contributed by atoms with Gasteiger partial charge in [-0.15, -0.1) is 0 Å². The fourth-order valence-electron chi connectivity index (χ4n) is 2.18. The zero-order valence-corrected chi connectivity index (χ0v) is 9.44. The molecule has 0 heterocycles. The van der Waals surface area contributed by atoms with Gasteiger partial charge in [-0.05, 0) is 38.0 Å². The van der Waals surface area contributed by atoms with Gasteiger partial charge in [0.05, 0.1) is 5.60 Å². The molecule has 2 nitrogen and oxygen atoms in total. The van der Waals surface area contributed by atoms with Crippen LogP contribution in [-0.2, 0) is 0 Å². The Hall–Kier alpha value is 0.270. The van der Waals surface area contributed by atoms with Crippen LogP contribution in [0.1, 0.15) is 32.6 Å². The topological polar surface area (TPSA) is 46.2 Å². The zero-order chi connectivity index (χ0) is 9.90. The summed E-state index contributed by atoms with van der Waals surface area (Å²) in [6, 6.07) is 0. The summed E-state index contributed by atoms with van der Waals surface area (Å²) in [6.07, 6.45) is 6.18. The highest BCUT2D eigenvalue weighted by molar-refractivity contribution is 7.99. The smallest absolute Gasteiger partial charge is 0.0708 e. The van der Waals surface area contributed by atoms with Gasteiger partial charge in [-0.3, -0.25) is 0 Å². The molecule has 0 amide bonds. The Morgan fingerprint density at radius 3 is 2.62 bits per heavy atom. The first-order chi connectivity index (χ1) is 6.16. The van der Waals surface area contributed by atoms with E-state index in [0.717, 1.165) is 25.7 Å². The highest BCUT2D eigenvalue weighted by Gasteiger charge is 2.46. The molecule has 0 bridgehead atoms. The van der Waals surface area contributed by atoms with Gasteiger partial charge >= 0.3 is 0 Å². The lowest BCUT2D eigenvalue weighted by molar-refractivity contribution is -0.0785. The Labute approximate surface area is 85.3 Å². The van der Waals surface area contributed by atoms with Gasteiger partial charge < -0.3 is 10.8 Å². The van der Waals surface area contributed by atoms with E-state index in [1.165, 1.54) is 0 Å². The molecule has 3 heteroatoms. The van der Waals surface area contributed by atoms with Crippen LogP contribution in [0.4, 0.5) is 0 Å². The molecule has 13 heavy (non-hydrogen) atoms. The highest BCUT2D eigenvalue weighted by atomic mass is 32.2. The van der Waals surface area contributed by atoms with E-state index in [1.54, 1.807) is 0 Å². The summed E-state index contributed by atoms with van der Waals surface area (Å²) in [6.45, 7) is 2.78. The Balaban J connectivity index is 2.41. The molecule has 0 aromatic carbocycles. The maximum absolute atomic E-state index is 10.2. The Bertz CT molecular complexity index is 157. The van der Waals surface area contributed by atoms with E-state index in [9.17, 15) is 5.11 Å². The number of hydrogen-bond acceptors (Lipinski definition) is 3. The molecule has 1 aliphatic rings. The van der Waals surface area contributed by atoms with Gasteiger partial charge in [0, 0.05) is 5.25 Å². The maximum atomic E-state index is 10.2. The summed E-state index contributed by atoms with van der Waals surface area (Å²) in [5.41, 5.74) is 5.24. The van der Waals surface area contributed by atoms with Crippen LogP contribution in [-0.4, -0.2) is 28.8 Å². The quantitative estimate of drug-likeness (QED) is 0.714. The van der Waals surface area contributed by atoms with Crippen molar-refractivity contribution in [3.05, 3.63) is 0 Å².